The van der Waals surface area contributed by atoms with Gasteiger partial charge in [0.15, 0.2) is 0 Å². The summed E-state index contributed by atoms with van der Waals surface area (Å²) in [6.45, 7) is 5.02. The highest BCUT2D eigenvalue weighted by Crippen LogP contribution is 2.29. The van der Waals surface area contributed by atoms with Gasteiger partial charge in [-0.15, -0.1) is 0 Å². The van der Waals surface area contributed by atoms with Crippen molar-refractivity contribution in [1.29, 1.82) is 0 Å². The van der Waals surface area contributed by atoms with Crippen LogP contribution in [0.3, 0.4) is 0 Å². The number of benzene rings is 1. The van der Waals surface area contributed by atoms with Crippen molar-refractivity contribution in [3.05, 3.63) is 29.8 Å². The van der Waals surface area contributed by atoms with E-state index in [4.69, 9.17) is 5.73 Å². The van der Waals surface area contributed by atoms with Crippen molar-refractivity contribution in [2.45, 2.75) is 39.2 Å². The Kier molecular flexibility index (Phi) is 4.02. The minimum atomic E-state index is -0.367. The number of carbonyl (C=O) groups is 1. The maximum Gasteiger partial charge on any atom is 0.243 e. The number of rotatable bonds is 3. The first-order valence-electron chi connectivity index (χ1n) is 6.78. The molecule has 1 aliphatic rings. The summed E-state index contributed by atoms with van der Waals surface area (Å²) >= 11 is 0. The summed E-state index contributed by atoms with van der Waals surface area (Å²) in [7, 11) is 0. The zero-order valence-electron chi connectivity index (χ0n) is 11.2. The zero-order valence-corrected chi connectivity index (χ0v) is 11.2. The number of nitrogens with zero attached hydrogens (tertiary/aromatic N) is 1. The summed E-state index contributed by atoms with van der Waals surface area (Å²) in [4.78, 5) is 14.3. The fourth-order valence-electron chi connectivity index (χ4n) is 2.64. The highest BCUT2D eigenvalue weighted by Gasteiger charge is 2.28. The predicted molar refractivity (Wildman–Crippen MR) is 74.5 cm³/mol. The van der Waals surface area contributed by atoms with Crippen molar-refractivity contribution >= 4 is 11.6 Å². The predicted octanol–water partition coefficient (Wildman–Crippen LogP) is 2.34. The van der Waals surface area contributed by atoms with Crippen LogP contribution in [0.2, 0.25) is 0 Å². The molecule has 1 aliphatic heterocycles. The quantitative estimate of drug-likeness (QED) is 0.889. The van der Waals surface area contributed by atoms with Crippen LogP contribution in [-0.4, -0.2) is 18.5 Å². The van der Waals surface area contributed by atoms with E-state index >= 15 is 0 Å². The SMILES string of the molecule is CCCC(N)C(=O)N1CC(C)Cc2ccccc21. The minimum absolute atomic E-state index is 0.0656. The summed E-state index contributed by atoms with van der Waals surface area (Å²) < 4.78 is 0. The average Bonchev–Trinajstić information content (AvgIpc) is 2.37. The first kappa shape index (κ1) is 13.1. The number of para-hydroxylation sites is 1. The fraction of sp³-hybridized carbons (Fsp3) is 0.533. The molecule has 2 N–H and O–H groups in total. The summed E-state index contributed by atoms with van der Waals surface area (Å²) in [5, 5.41) is 0. The Hall–Kier alpha value is -1.35. The van der Waals surface area contributed by atoms with Gasteiger partial charge in [-0.2, -0.15) is 0 Å². The topological polar surface area (TPSA) is 46.3 Å². The molecule has 2 atom stereocenters. The van der Waals surface area contributed by atoms with Crippen LogP contribution >= 0.6 is 0 Å². The Balaban J connectivity index is 2.26. The fourth-order valence-corrected chi connectivity index (χ4v) is 2.64. The summed E-state index contributed by atoms with van der Waals surface area (Å²) in [5.41, 5.74) is 8.28. The molecule has 1 aromatic carbocycles. The van der Waals surface area contributed by atoms with Crippen LogP contribution in [0.25, 0.3) is 0 Å². The van der Waals surface area contributed by atoms with Gasteiger partial charge < -0.3 is 10.6 Å². The van der Waals surface area contributed by atoms with Gasteiger partial charge in [-0.3, -0.25) is 4.79 Å². The van der Waals surface area contributed by atoms with Gasteiger partial charge in [-0.05, 0) is 30.4 Å². The molecule has 3 heteroatoms. The first-order valence-corrected chi connectivity index (χ1v) is 6.78. The molecule has 2 unspecified atom stereocenters. The molecule has 1 amide bonds. The molecular formula is C15H22N2O. The smallest absolute Gasteiger partial charge is 0.243 e. The van der Waals surface area contributed by atoms with Crippen molar-refractivity contribution in [1.82, 2.24) is 0 Å². The molecule has 1 aromatic rings. The number of nitrogens with two attached hydrogens (primary N) is 1. The first-order chi connectivity index (χ1) is 8.63. The molecule has 0 saturated heterocycles. The van der Waals surface area contributed by atoms with Crippen molar-refractivity contribution in [2.75, 3.05) is 11.4 Å². The van der Waals surface area contributed by atoms with E-state index < -0.39 is 0 Å². The van der Waals surface area contributed by atoms with Crippen LogP contribution in [0.1, 0.15) is 32.3 Å². The van der Waals surface area contributed by atoms with Gasteiger partial charge in [-0.25, -0.2) is 0 Å². The average molecular weight is 246 g/mol. The van der Waals surface area contributed by atoms with Crippen molar-refractivity contribution in [2.24, 2.45) is 11.7 Å². The van der Waals surface area contributed by atoms with Crippen LogP contribution in [0.15, 0.2) is 24.3 Å². The molecule has 0 saturated carbocycles. The molecule has 0 aliphatic carbocycles. The van der Waals surface area contributed by atoms with Gasteiger partial charge in [0.1, 0.15) is 0 Å². The molecule has 0 bridgehead atoms. The summed E-state index contributed by atoms with van der Waals surface area (Å²) in [6.07, 6.45) is 2.74. The second-order valence-electron chi connectivity index (χ2n) is 5.28. The number of fused-ring (bicyclic) bond motifs is 1. The van der Waals surface area contributed by atoms with Gasteiger partial charge in [0, 0.05) is 12.2 Å². The normalized spacial score (nSPS) is 20.4. The van der Waals surface area contributed by atoms with Gasteiger partial charge >= 0.3 is 0 Å². The molecule has 0 radical (unpaired) electrons. The van der Waals surface area contributed by atoms with Gasteiger partial charge in [0.2, 0.25) is 5.91 Å². The van der Waals surface area contributed by atoms with E-state index in [1.165, 1.54) is 5.56 Å². The Morgan fingerprint density at radius 2 is 2.22 bits per heavy atom. The molecule has 98 valence electrons. The van der Waals surface area contributed by atoms with E-state index in [9.17, 15) is 4.79 Å². The standard InChI is InChI=1S/C15H22N2O/c1-3-6-13(16)15(18)17-10-11(2)9-12-7-4-5-8-14(12)17/h4-5,7-8,11,13H,3,6,9-10,16H2,1-2H3. The minimum Gasteiger partial charge on any atom is -0.320 e. The molecular weight excluding hydrogens is 224 g/mol. The lowest BCUT2D eigenvalue weighted by Gasteiger charge is -2.34. The Labute approximate surface area is 109 Å². The number of hydrogen-bond acceptors (Lipinski definition) is 2. The molecule has 0 fully saturated rings. The second-order valence-corrected chi connectivity index (χ2v) is 5.28. The lowest BCUT2D eigenvalue weighted by atomic mass is 9.93. The summed E-state index contributed by atoms with van der Waals surface area (Å²) in [5.74, 6) is 0.563. The van der Waals surface area contributed by atoms with Crippen molar-refractivity contribution in [3.63, 3.8) is 0 Å². The number of amides is 1. The van der Waals surface area contributed by atoms with E-state index in [0.29, 0.717) is 5.92 Å². The van der Waals surface area contributed by atoms with E-state index in [2.05, 4.69) is 19.9 Å². The third-order valence-electron chi connectivity index (χ3n) is 3.53. The molecule has 1 heterocycles. The zero-order chi connectivity index (χ0) is 13.1. The maximum atomic E-state index is 12.4. The molecule has 18 heavy (non-hydrogen) atoms. The molecule has 3 nitrogen and oxygen atoms in total. The highest BCUT2D eigenvalue weighted by molar-refractivity contribution is 5.98. The van der Waals surface area contributed by atoms with Crippen LogP contribution in [0.4, 0.5) is 5.69 Å². The lowest BCUT2D eigenvalue weighted by molar-refractivity contribution is -0.120. The van der Waals surface area contributed by atoms with Crippen LogP contribution in [0, 0.1) is 5.92 Å². The maximum absolute atomic E-state index is 12.4. The van der Waals surface area contributed by atoms with Crippen LogP contribution in [0.5, 0.6) is 0 Å². The Bertz CT molecular complexity index is 430. The van der Waals surface area contributed by atoms with E-state index in [0.717, 1.165) is 31.5 Å². The highest BCUT2D eigenvalue weighted by atomic mass is 16.2. The van der Waals surface area contributed by atoms with Crippen LogP contribution < -0.4 is 10.6 Å². The van der Waals surface area contributed by atoms with E-state index in [1.54, 1.807) is 0 Å². The third-order valence-corrected chi connectivity index (χ3v) is 3.53. The van der Waals surface area contributed by atoms with E-state index in [-0.39, 0.29) is 11.9 Å². The number of hydrogen-bond donors (Lipinski definition) is 1. The number of anilines is 1. The third kappa shape index (κ3) is 2.56. The monoisotopic (exact) mass is 246 g/mol. The van der Waals surface area contributed by atoms with Gasteiger partial charge in [-0.1, -0.05) is 38.5 Å². The van der Waals surface area contributed by atoms with E-state index in [1.807, 2.05) is 23.1 Å². The second kappa shape index (κ2) is 5.53. The lowest BCUT2D eigenvalue weighted by Crippen LogP contribution is -2.47. The molecule has 0 aromatic heterocycles. The Morgan fingerprint density at radius 1 is 1.50 bits per heavy atom. The largest absolute Gasteiger partial charge is 0.320 e. The molecule has 0 spiro atoms. The van der Waals surface area contributed by atoms with Crippen molar-refractivity contribution < 1.29 is 4.79 Å². The summed E-state index contributed by atoms with van der Waals surface area (Å²) in [6, 6.07) is 7.79. The number of carbonyl (C=O) groups excluding carboxylic acids is 1. The van der Waals surface area contributed by atoms with Crippen molar-refractivity contribution in [3.8, 4) is 0 Å². The van der Waals surface area contributed by atoms with Crippen LogP contribution in [-0.2, 0) is 11.2 Å². The Morgan fingerprint density at radius 3 is 2.94 bits per heavy atom. The molecule has 2 rings (SSSR count). The van der Waals surface area contributed by atoms with Gasteiger partial charge in [0.25, 0.3) is 0 Å². The van der Waals surface area contributed by atoms with Gasteiger partial charge in [0.05, 0.1) is 6.04 Å².